The van der Waals surface area contributed by atoms with Gasteiger partial charge in [0.15, 0.2) is 0 Å². The SMILES string of the molecule is CN(CC(F)F)S(=O)(=O)c1ccc(C(N)=S)cc1Cl. The first-order valence-electron chi connectivity index (χ1n) is 5.00. The van der Waals surface area contributed by atoms with E-state index in [1.165, 1.54) is 18.2 Å². The van der Waals surface area contributed by atoms with Gasteiger partial charge in [0.25, 0.3) is 6.43 Å². The average Bonchev–Trinajstić information content (AvgIpc) is 2.27. The highest BCUT2D eigenvalue weighted by Gasteiger charge is 2.26. The van der Waals surface area contributed by atoms with Gasteiger partial charge in [-0.15, -0.1) is 0 Å². The van der Waals surface area contributed by atoms with Gasteiger partial charge in [-0.05, 0) is 12.1 Å². The molecule has 2 N–H and O–H groups in total. The van der Waals surface area contributed by atoms with Crippen molar-refractivity contribution in [2.24, 2.45) is 5.73 Å². The molecule has 9 heteroatoms. The summed E-state index contributed by atoms with van der Waals surface area (Å²) in [4.78, 5) is -0.205. The second-order valence-electron chi connectivity index (χ2n) is 3.69. The molecule has 0 saturated carbocycles. The summed E-state index contributed by atoms with van der Waals surface area (Å²) in [6.45, 7) is -0.907. The lowest BCUT2D eigenvalue weighted by atomic mass is 10.2. The highest BCUT2D eigenvalue weighted by Crippen LogP contribution is 2.25. The maximum absolute atomic E-state index is 12.2. The predicted octanol–water partition coefficient (Wildman–Crippen LogP) is 1.86. The third-order valence-corrected chi connectivity index (χ3v) is 4.84. The van der Waals surface area contributed by atoms with Crippen LogP contribution in [-0.2, 0) is 10.0 Å². The van der Waals surface area contributed by atoms with Crippen molar-refractivity contribution >= 4 is 38.8 Å². The molecule has 0 spiro atoms. The van der Waals surface area contributed by atoms with E-state index in [2.05, 4.69) is 0 Å². The molecule has 0 unspecified atom stereocenters. The van der Waals surface area contributed by atoms with Crippen LogP contribution >= 0.6 is 23.8 Å². The summed E-state index contributed by atoms with van der Waals surface area (Å²) in [7, 11) is -3.02. The van der Waals surface area contributed by atoms with Crippen LogP contribution in [0.4, 0.5) is 8.78 Å². The number of hydrogen-bond acceptors (Lipinski definition) is 3. The number of hydrogen-bond donors (Lipinski definition) is 1. The van der Waals surface area contributed by atoms with Crippen molar-refractivity contribution in [3.8, 4) is 0 Å². The molecule has 0 fully saturated rings. The molecule has 0 aliphatic heterocycles. The molecule has 106 valence electrons. The molecule has 0 heterocycles. The van der Waals surface area contributed by atoms with Crippen LogP contribution in [0.2, 0.25) is 5.02 Å². The number of sulfonamides is 1. The van der Waals surface area contributed by atoms with Crippen LogP contribution in [0.5, 0.6) is 0 Å². The van der Waals surface area contributed by atoms with Gasteiger partial charge in [0, 0.05) is 12.6 Å². The van der Waals surface area contributed by atoms with Crippen molar-refractivity contribution in [3.63, 3.8) is 0 Å². The second kappa shape index (κ2) is 6.08. The lowest BCUT2D eigenvalue weighted by molar-refractivity contribution is 0.126. The smallest absolute Gasteiger partial charge is 0.252 e. The van der Waals surface area contributed by atoms with E-state index < -0.39 is 23.0 Å². The van der Waals surface area contributed by atoms with E-state index in [4.69, 9.17) is 29.6 Å². The van der Waals surface area contributed by atoms with E-state index in [0.717, 1.165) is 7.05 Å². The Kier molecular flexibility index (Phi) is 5.19. The molecule has 0 aliphatic rings. The summed E-state index contributed by atoms with van der Waals surface area (Å²) in [6.07, 6.45) is -2.77. The summed E-state index contributed by atoms with van der Waals surface area (Å²) in [5.74, 6) is 0. The molecule has 0 aromatic heterocycles. The topological polar surface area (TPSA) is 63.4 Å². The second-order valence-corrected chi connectivity index (χ2v) is 6.55. The summed E-state index contributed by atoms with van der Waals surface area (Å²) >= 11 is 10.6. The van der Waals surface area contributed by atoms with Gasteiger partial charge in [-0.3, -0.25) is 0 Å². The number of nitrogens with two attached hydrogens (primary N) is 1. The van der Waals surface area contributed by atoms with Crippen LogP contribution in [-0.4, -0.2) is 37.7 Å². The van der Waals surface area contributed by atoms with E-state index in [9.17, 15) is 17.2 Å². The number of nitrogens with zero attached hydrogens (tertiary/aromatic N) is 1. The molecule has 0 saturated heterocycles. The fourth-order valence-electron chi connectivity index (χ4n) is 1.32. The van der Waals surface area contributed by atoms with Crippen molar-refractivity contribution in [1.29, 1.82) is 0 Å². The van der Waals surface area contributed by atoms with Crippen LogP contribution in [0.1, 0.15) is 5.56 Å². The van der Waals surface area contributed by atoms with Gasteiger partial charge in [-0.1, -0.05) is 29.9 Å². The molecule has 4 nitrogen and oxygen atoms in total. The molecule has 0 atom stereocenters. The van der Waals surface area contributed by atoms with E-state index in [1.54, 1.807) is 0 Å². The highest BCUT2D eigenvalue weighted by molar-refractivity contribution is 7.89. The van der Waals surface area contributed by atoms with Gasteiger partial charge in [0.05, 0.1) is 11.6 Å². The third-order valence-electron chi connectivity index (χ3n) is 2.30. The number of thiocarbonyl (C=S) groups is 1. The Bertz CT molecular complexity index is 593. The van der Waals surface area contributed by atoms with Gasteiger partial charge in [0.1, 0.15) is 9.88 Å². The van der Waals surface area contributed by atoms with Gasteiger partial charge in [-0.2, -0.15) is 4.31 Å². The molecular weight excluding hydrogens is 318 g/mol. The monoisotopic (exact) mass is 328 g/mol. The van der Waals surface area contributed by atoms with Crippen LogP contribution in [0.3, 0.4) is 0 Å². The third kappa shape index (κ3) is 3.82. The van der Waals surface area contributed by atoms with Gasteiger partial charge >= 0.3 is 0 Å². The molecule has 19 heavy (non-hydrogen) atoms. The van der Waals surface area contributed by atoms with Crippen molar-refractivity contribution in [2.75, 3.05) is 13.6 Å². The zero-order valence-electron chi connectivity index (χ0n) is 9.81. The van der Waals surface area contributed by atoms with E-state index in [0.29, 0.717) is 9.87 Å². The Balaban J connectivity index is 3.19. The van der Waals surface area contributed by atoms with Crippen molar-refractivity contribution in [3.05, 3.63) is 28.8 Å². The van der Waals surface area contributed by atoms with Crippen molar-refractivity contribution < 1.29 is 17.2 Å². The van der Waals surface area contributed by atoms with E-state index in [-0.39, 0.29) is 14.9 Å². The average molecular weight is 329 g/mol. The Labute approximate surface area is 120 Å². The summed E-state index contributed by atoms with van der Waals surface area (Å²) in [5, 5.41) is -0.119. The molecule has 0 aliphatic carbocycles. The molecule has 0 amide bonds. The Morgan fingerprint density at radius 3 is 2.53 bits per heavy atom. The predicted molar refractivity (Wildman–Crippen MR) is 73.2 cm³/mol. The van der Waals surface area contributed by atoms with Crippen LogP contribution in [0, 0.1) is 0 Å². The minimum atomic E-state index is -4.07. The number of rotatable bonds is 5. The van der Waals surface area contributed by atoms with E-state index >= 15 is 0 Å². The largest absolute Gasteiger partial charge is 0.389 e. The number of halogens is 3. The summed E-state index contributed by atoms with van der Waals surface area (Å²) < 4.78 is 49.0. The van der Waals surface area contributed by atoms with Gasteiger partial charge < -0.3 is 5.73 Å². The molecule has 0 bridgehead atoms. The van der Waals surface area contributed by atoms with Crippen LogP contribution in [0.15, 0.2) is 23.1 Å². The zero-order chi connectivity index (χ0) is 14.8. The standard InChI is InChI=1S/C10H11ClF2N2O2S2/c1-15(5-9(12)13)19(16,17)8-3-2-6(10(14)18)4-7(8)11/h2-4,9H,5H2,1H3,(H2,14,18). The summed E-state index contributed by atoms with van der Waals surface area (Å²) in [6, 6.07) is 3.85. The van der Waals surface area contributed by atoms with Crippen molar-refractivity contribution in [1.82, 2.24) is 4.31 Å². The highest BCUT2D eigenvalue weighted by atomic mass is 35.5. The Morgan fingerprint density at radius 1 is 1.53 bits per heavy atom. The molecule has 1 rings (SSSR count). The van der Waals surface area contributed by atoms with Gasteiger partial charge in [-0.25, -0.2) is 17.2 Å². The van der Waals surface area contributed by atoms with E-state index in [1.807, 2.05) is 0 Å². The first kappa shape index (κ1) is 16.2. The quantitative estimate of drug-likeness (QED) is 0.838. The minimum Gasteiger partial charge on any atom is -0.389 e. The minimum absolute atomic E-state index is 0.0618. The number of benzene rings is 1. The van der Waals surface area contributed by atoms with Crippen molar-refractivity contribution in [2.45, 2.75) is 11.3 Å². The maximum atomic E-state index is 12.2. The molecule has 1 aromatic carbocycles. The fourth-order valence-corrected chi connectivity index (χ4v) is 3.11. The summed E-state index contributed by atoms with van der Waals surface area (Å²) in [5.41, 5.74) is 5.78. The molecule has 0 radical (unpaired) electrons. The fraction of sp³-hybridized carbons (Fsp3) is 0.300. The first-order valence-corrected chi connectivity index (χ1v) is 7.22. The maximum Gasteiger partial charge on any atom is 0.252 e. The zero-order valence-corrected chi connectivity index (χ0v) is 12.2. The van der Waals surface area contributed by atoms with Crippen LogP contribution in [0.25, 0.3) is 0 Å². The Hall–Kier alpha value is -0.830. The molecular formula is C10H11ClF2N2O2S2. The Morgan fingerprint density at radius 2 is 2.11 bits per heavy atom. The first-order chi connectivity index (χ1) is 8.66. The molecule has 1 aromatic rings. The normalized spacial score (nSPS) is 12.1. The number of alkyl halides is 2. The lowest BCUT2D eigenvalue weighted by Gasteiger charge is -2.17. The van der Waals surface area contributed by atoms with Gasteiger partial charge in [0.2, 0.25) is 10.0 Å². The lowest BCUT2D eigenvalue weighted by Crippen LogP contribution is -2.31. The van der Waals surface area contributed by atoms with Crippen LogP contribution < -0.4 is 5.73 Å².